The van der Waals surface area contributed by atoms with Gasteiger partial charge in [-0.1, -0.05) is 19.1 Å². The lowest BCUT2D eigenvalue weighted by Gasteiger charge is -2.26. The van der Waals surface area contributed by atoms with Crippen LogP contribution in [-0.2, 0) is 0 Å². The number of benzene rings is 1. The molecule has 3 atom stereocenters. The zero-order valence-corrected chi connectivity index (χ0v) is 11.2. The van der Waals surface area contributed by atoms with Crippen molar-refractivity contribution in [1.82, 2.24) is 5.32 Å². The molecule has 1 fully saturated rings. The number of para-hydroxylation sites is 1. The highest BCUT2D eigenvalue weighted by Crippen LogP contribution is 2.47. The molecule has 0 spiro atoms. The topological polar surface area (TPSA) is 54.3 Å². The molecule has 2 heterocycles. The molecule has 4 rings (SSSR count). The third-order valence-electron chi connectivity index (χ3n) is 4.15. The second-order valence-corrected chi connectivity index (χ2v) is 5.66. The Hall–Kier alpha value is -2.23. The van der Waals surface area contributed by atoms with Crippen LogP contribution in [0.1, 0.15) is 47.3 Å². The van der Waals surface area contributed by atoms with Gasteiger partial charge in [0.05, 0.1) is 5.56 Å². The number of carbonyl (C=O) groups excluding carboxylic acids is 1. The van der Waals surface area contributed by atoms with Crippen LogP contribution in [0.25, 0.3) is 0 Å². The molecule has 0 radical (unpaired) electrons. The fraction of sp³-hybridized carbons (Fsp3) is 0.312. The quantitative estimate of drug-likeness (QED) is 0.879. The van der Waals surface area contributed by atoms with E-state index < -0.39 is 0 Å². The van der Waals surface area contributed by atoms with Crippen LogP contribution in [0.3, 0.4) is 0 Å². The zero-order chi connectivity index (χ0) is 13.7. The maximum atomic E-state index is 12.1. The number of rotatable bonds is 2. The molecule has 4 heteroatoms. The molecule has 0 saturated heterocycles. The van der Waals surface area contributed by atoms with E-state index in [-0.39, 0.29) is 12.1 Å². The normalized spacial score (nSPS) is 27.4. The lowest BCUT2D eigenvalue weighted by atomic mass is 10.1. The van der Waals surface area contributed by atoms with Gasteiger partial charge in [-0.3, -0.25) is 4.79 Å². The largest absolute Gasteiger partial charge is 0.462 e. The Morgan fingerprint density at radius 2 is 1.85 bits per heavy atom. The maximum absolute atomic E-state index is 12.1. The molecule has 20 heavy (non-hydrogen) atoms. The summed E-state index contributed by atoms with van der Waals surface area (Å²) in [5, 5.41) is 6.23. The van der Waals surface area contributed by atoms with Crippen molar-refractivity contribution in [3.63, 3.8) is 0 Å². The predicted molar refractivity (Wildman–Crippen MR) is 75.5 cm³/mol. The van der Waals surface area contributed by atoms with E-state index >= 15 is 0 Å². The minimum Gasteiger partial charge on any atom is -0.462 e. The second kappa shape index (κ2) is 4.13. The van der Waals surface area contributed by atoms with Crippen molar-refractivity contribution in [1.29, 1.82) is 0 Å². The molecule has 0 bridgehead atoms. The van der Waals surface area contributed by atoms with Crippen LogP contribution in [-0.4, -0.2) is 5.91 Å². The van der Waals surface area contributed by atoms with Crippen LogP contribution < -0.4 is 10.6 Å². The molecule has 2 aromatic rings. The van der Waals surface area contributed by atoms with E-state index in [1.54, 1.807) is 0 Å². The Morgan fingerprint density at radius 3 is 2.65 bits per heavy atom. The van der Waals surface area contributed by atoms with Crippen molar-refractivity contribution in [2.24, 2.45) is 5.92 Å². The first-order valence-corrected chi connectivity index (χ1v) is 6.98. The summed E-state index contributed by atoms with van der Waals surface area (Å²) >= 11 is 0. The van der Waals surface area contributed by atoms with Crippen LogP contribution in [0.2, 0.25) is 0 Å². The van der Waals surface area contributed by atoms with Gasteiger partial charge in [0.25, 0.3) is 5.91 Å². The number of hydrogen-bond acceptors (Lipinski definition) is 3. The summed E-state index contributed by atoms with van der Waals surface area (Å²) in [6.45, 7) is 2.23. The van der Waals surface area contributed by atoms with Crippen molar-refractivity contribution in [2.75, 3.05) is 5.32 Å². The predicted octanol–water partition coefficient (Wildman–Crippen LogP) is 3.26. The van der Waals surface area contributed by atoms with Crippen molar-refractivity contribution >= 4 is 11.6 Å². The first-order valence-electron chi connectivity index (χ1n) is 6.98. The standard InChI is InChI=1S/C16H16N2O2/c1-9-8-11(9)13-6-7-14(20-13)15-17-12-5-3-2-4-10(12)16(19)18-15/h2-7,9,11,15,17H,8H2,1H3,(H,18,19)/t9-,11-,15-/m1/s1. The fourth-order valence-electron chi connectivity index (χ4n) is 2.79. The molecule has 0 unspecified atom stereocenters. The van der Waals surface area contributed by atoms with E-state index in [2.05, 4.69) is 17.6 Å². The van der Waals surface area contributed by atoms with Crippen molar-refractivity contribution in [2.45, 2.75) is 25.4 Å². The van der Waals surface area contributed by atoms with Crippen LogP contribution in [0.5, 0.6) is 0 Å². The average Bonchev–Trinajstić information content (AvgIpc) is 3.00. The third kappa shape index (κ3) is 1.80. The van der Waals surface area contributed by atoms with Crippen LogP contribution in [0, 0.1) is 5.92 Å². The Labute approximate surface area is 117 Å². The Kier molecular flexibility index (Phi) is 2.39. The molecular formula is C16H16N2O2. The molecule has 2 aliphatic rings. The first-order chi connectivity index (χ1) is 9.72. The van der Waals surface area contributed by atoms with Gasteiger partial charge in [0.2, 0.25) is 0 Å². The molecule has 1 aliphatic carbocycles. The van der Waals surface area contributed by atoms with Gasteiger partial charge in [0.15, 0.2) is 6.17 Å². The van der Waals surface area contributed by atoms with Gasteiger partial charge < -0.3 is 15.1 Å². The molecule has 1 saturated carbocycles. The summed E-state index contributed by atoms with van der Waals surface area (Å²) in [6, 6.07) is 11.5. The van der Waals surface area contributed by atoms with E-state index in [1.807, 2.05) is 36.4 Å². The average molecular weight is 268 g/mol. The van der Waals surface area contributed by atoms with Crippen LogP contribution in [0.4, 0.5) is 5.69 Å². The minimum atomic E-state index is -0.291. The number of hydrogen-bond donors (Lipinski definition) is 2. The zero-order valence-electron chi connectivity index (χ0n) is 11.2. The van der Waals surface area contributed by atoms with E-state index in [9.17, 15) is 4.79 Å². The highest BCUT2D eigenvalue weighted by molar-refractivity contribution is 6.01. The van der Waals surface area contributed by atoms with E-state index in [0.717, 1.165) is 17.2 Å². The maximum Gasteiger partial charge on any atom is 0.255 e. The Morgan fingerprint density at radius 1 is 1.10 bits per heavy atom. The highest BCUT2D eigenvalue weighted by Gasteiger charge is 2.37. The van der Waals surface area contributed by atoms with Crippen LogP contribution in [0.15, 0.2) is 40.8 Å². The summed E-state index contributed by atoms with van der Waals surface area (Å²) in [6.07, 6.45) is 0.903. The smallest absolute Gasteiger partial charge is 0.255 e. The second-order valence-electron chi connectivity index (χ2n) is 5.66. The molecule has 102 valence electrons. The lowest BCUT2D eigenvalue weighted by Crippen LogP contribution is -2.38. The molecule has 1 aliphatic heterocycles. The molecule has 2 N–H and O–H groups in total. The van der Waals surface area contributed by atoms with Gasteiger partial charge in [0.1, 0.15) is 11.5 Å². The van der Waals surface area contributed by atoms with Gasteiger partial charge in [0, 0.05) is 11.6 Å². The number of anilines is 1. The van der Waals surface area contributed by atoms with E-state index in [4.69, 9.17) is 4.42 Å². The monoisotopic (exact) mass is 268 g/mol. The molecule has 4 nitrogen and oxygen atoms in total. The van der Waals surface area contributed by atoms with Gasteiger partial charge in [-0.25, -0.2) is 0 Å². The molecule has 1 aromatic heterocycles. The Balaban J connectivity index is 1.61. The van der Waals surface area contributed by atoms with Gasteiger partial charge in [-0.05, 0) is 36.6 Å². The van der Waals surface area contributed by atoms with Gasteiger partial charge in [-0.15, -0.1) is 0 Å². The fourth-order valence-corrected chi connectivity index (χ4v) is 2.79. The minimum absolute atomic E-state index is 0.0675. The van der Waals surface area contributed by atoms with E-state index in [0.29, 0.717) is 17.4 Å². The number of carbonyl (C=O) groups is 1. The van der Waals surface area contributed by atoms with Crippen LogP contribution >= 0.6 is 0 Å². The summed E-state index contributed by atoms with van der Waals surface area (Å²) in [5.41, 5.74) is 1.52. The van der Waals surface area contributed by atoms with Crippen molar-refractivity contribution < 1.29 is 9.21 Å². The summed E-state index contributed by atoms with van der Waals surface area (Å²) in [5.74, 6) is 2.99. The summed E-state index contributed by atoms with van der Waals surface area (Å²) in [4.78, 5) is 12.1. The van der Waals surface area contributed by atoms with Crippen molar-refractivity contribution in [3.8, 4) is 0 Å². The highest BCUT2D eigenvalue weighted by atomic mass is 16.3. The number of amides is 1. The summed E-state index contributed by atoms with van der Waals surface area (Å²) in [7, 11) is 0. The third-order valence-corrected chi connectivity index (χ3v) is 4.15. The molecular weight excluding hydrogens is 252 g/mol. The SMILES string of the molecule is C[C@@H]1C[C@H]1c1ccc([C@H]2NC(=O)c3ccccc3N2)o1. The van der Waals surface area contributed by atoms with Crippen molar-refractivity contribution in [3.05, 3.63) is 53.5 Å². The number of furan rings is 1. The first kappa shape index (κ1) is 11.6. The number of nitrogens with one attached hydrogen (secondary N) is 2. The lowest BCUT2D eigenvalue weighted by molar-refractivity contribution is 0.0930. The van der Waals surface area contributed by atoms with Gasteiger partial charge in [-0.2, -0.15) is 0 Å². The molecule has 1 aromatic carbocycles. The van der Waals surface area contributed by atoms with Gasteiger partial charge >= 0.3 is 0 Å². The summed E-state index contributed by atoms with van der Waals surface area (Å²) < 4.78 is 5.90. The number of fused-ring (bicyclic) bond motifs is 1. The van der Waals surface area contributed by atoms with E-state index in [1.165, 1.54) is 6.42 Å². The molecule has 1 amide bonds. The Bertz CT molecular complexity index is 677.